The van der Waals surface area contributed by atoms with Crippen molar-refractivity contribution in [3.63, 3.8) is 0 Å². The zero-order valence-electron chi connectivity index (χ0n) is 8.43. The molecule has 0 bridgehead atoms. The number of β-lactam (4-membered cyclic amide) rings is 1. The van der Waals surface area contributed by atoms with Crippen molar-refractivity contribution in [2.24, 2.45) is 0 Å². The minimum Gasteiger partial charge on any atom is -0.477 e. The van der Waals surface area contributed by atoms with E-state index < -0.39 is 27.1 Å². The molecule has 1 saturated heterocycles. The van der Waals surface area contributed by atoms with E-state index in [-0.39, 0.29) is 22.6 Å². The number of fused-ring (bicyclic) bond motifs is 1. The summed E-state index contributed by atoms with van der Waals surface area (Å²) in [5, 5.41) is 7.87. The second-order valence-corrected chi connectivity index (χ2v) is 5.80. The number of sulfone groups is 1. The van der Waals surface area contributed by atoms with Crippen LogP contribution in [0, 0.1) is 0 Å². The fourth-order valence-corrected chi connectivity index (χ4v) is 3.57. The molecule has 0 aliphatic carbocycles. The first-order chi connectivity index (χ1) is 7.28. The van der Waals surface area contributed by atoms with Crippen LogP contribution in [0.5, 0.6) is 0 Å². The van der Waals surface area contributed by atoms with Gasteiger partial charge in [-0.25, -0.2) is 13.2 Å². The van der Waals surface area contributed by atoms with E-state index in [4.69, 9.17) is 5.11 Å². The standard InChI is InChI=1S/C9H9NO5S/c1-4-5(2)16(14,15)7-3-6(11)10(7)8(4)9(12)13/h7H,2-3H2,1H3,(H,12,13)/t7-/m0/s1. The molecular weight excluding hydrogens is 234 g/mol. The average Bonchev–Trinajstić information content (AvgIpc) is 2.17. The summed E-state index contributed by atoms with van der Waals surface area (Å²) < 4.78 is 23.6. The number of hydrogen-bond donors (Lipinski definition) is 1. The van der Waals surface area contributed by atoms with Crippen molar-refractivity contribution in [1.29, 1.82) is 0 Å². The molecule has 7 heteroatoms. The number of aliphatic carboxylic acids is 1. The molecule has 0 radical (unpaired) electrons. The second-order valence-electron chi connectivity index (χ2n) is 3.67. The molecule has 6 nitrogen and oxygen atoms in total. The molecule has 0 aromatic heterocycles. The monoisotopic (exact) mass is 243 g/mol. The highest BCUT2D eigenvalue weighted by Gasteiger charge is 2.53. The number of carboxylic acid groups (broad SMARTS) is 1. The molecule has 0 spiro atoms. The maximum Gasteiger partial charge on any atom is 0.352 e. The summed E-state index contributed by atoms with van der Waals surface area (Å²) >= 11 is 0. The van der Waals surface area contributed by atoms with E-state index in [0.717, 1.165) is 4.90 Å². The molecule has 2 aliphatic rings. The highest BCUT2D eigenvalue weighted by molar-refractivity contribution is 7.96. The van der Waals surface area contributed by atoms with Gasteiger partial charge in [-0.2, -0.15) is 0 Å². The first-order valence-corrected chi connectivity index (χ1v) is 6.02. The Hall–Kier alpha value is -1.63. The quantitative estimate of drug-likeness (QED) is 0.646. The molecular formula is C9H9NO5S. The van der Waals surface area contributed by atoms with Gasteiger partial charge >= 0.3 is 5.97 Å². The molecule has 1 amide bonds. The van der Waals surface area contributed by atoms with Crippen LogP contribution >= 0.6 is 0 Å². The molecule has 1 N–H and O–H groups in total. The SMILES string of the molecule is C=C1C(C)=C(C(=O)O)N2C(=O)C[C@@H]2S1(=O)=O. The Morgan fingerprint density at radius 2 is 2.12 bits per heavy atom. The molecule has 1 atom stereocenters. The summed E-state index contributed by atoms with van der Waals surface area (Å²) in [4.78, 5) is 22.8. The van der Waals surface area contributed by atoms with Gasteiger partial charge in [0.2, 0.25) is 5.91 Å². The number of hydrogen-bond acceptors (Lipinski definition) is 4. The van der Waals surface area contributed by atoms with E-state index in [9.17, 15) is 18.0 Å². The van der Waals surface area contributed by atoms with Gasteiger partial charge in [-0.1, -0.05) is 6.58 Å². The maximum absolute atomic E-state index is 11.8. The average molecular weight is 243 g/mol. The lowest BCUT2D eigenvalue weighted by atomic mass is 10.1. The van der Waals surface area contributed by atoms with Crippen LogP contribution in [0.2, 0.25) is 0 Å². The minimum atomic E-state index is -3.66. The summed E-state index contributed by atoms with van der Waals surface area (Å²) in [7, 11) is -3.66. The van der Waals surface area contributed by atoms with Crippen LogP contribution in [0.4, 0.5) is 0 Å². The summed E-state index contributed by atoms with van der Waals surface area (Å²) in [6.07, 6.45) is -0.175. The van der Waals surface area contributed by atoms with Crippen LogP contribution in [-0.2, 0) is 19.4 Å². The van der Waals surface area contributed by atoms with Crippen molar-refractivity contribution in [2.75, 3.05) is 0 Å². The maximum atomic E-state index is 11.8. The second kappa shape index (κ2) is 2.94. The first-order valence-electron chi connectivity index (χ1n) is 4.48. The van der Waals surface area contributed by atoms with Gasteiger partial charge in [0.25, 0.3) is 0 Å². The summed E-state index contributed by atoms with van der Waals surface area (Å²) in [5.74, 6) is -1.80. The molecule has 2 heterocycles. The van der Waals surface area contributed by atoms with Gasteiger partial charge in [0.15, 0.2) is 15.2 Å². The predicted octanol–water partition coefficient (Wildman–Crippen LogP) is -0.154. The Bertz CT molecular complexity index is 556. The number of nitrogens with zero attached hydrogens (tertiary/aromatic N) is 1. The Morgan fingerprint density at radius 1 is 1.56 bits per heavy atom. The van der Waals surface area contributed by atoms with Gasteiger partial charge < -0.3 is 5.11 Å². The number of carboxylic acids is 1. The van der Waals surface area contributed by atoms with E-state index in [1.54, 1.807) is 0 Å². The van der Waals surface area contributed by atoms with Gasteiger partial charge in [0, 0.05) is 0 Å². The number of allylic oxidation sites excluding steroid dienone is 1. The largest absolute Gasteiger partial charge is 0.477 e. The van der Waals surface area contributed by atoms with Crippen LogP contribution in [0.1, 0.15) is 13.3 Å². The van der Waals surface area contributed by atoms with Gasteiger partial charge in [0.1, 0.15) is 5.70 Å². The van der Waals surface area contributed by atoms with Crippen LogP contribution in [0.3, 0.4) is 0 Å². The van der Waals surface area contributed by atoms with Crippen LogP contribution in [0.15, 0.2) is 22.8 Å². The van der Waals surface area contributed by atoms with Crippen molar-refractivity contribution in [2.45, 2.75) is 18.7 Å². The molecule has 0 aromatic rings. The Morgan fingerprint density at radius 3 is 2.56 bits per heavy atom. The van der Waals surface area contributed by atoms with Crippen molar-refractivity contribution in [3.8, 4) is 0 Å². The van der Waals surface area contributed by atoms with E-state index in [1.807, 2.05) is 0 Å². The molecule has 2 aliphatic heterocycles. The number of carbonyl (C=O) groups excluding carboxylic acids is 1. The zero-order chi connectivity index (χ0) is 12.2. The van der Waals surface area contributed by atoms with Gasteiger partial charge in [-0.15, -0.1) is 0 Å². The van der Waals surface area contributed by atoms with Crippen molar-refractivity contribution >= 4 is 21.7 Å². The Kier molecular flexibility index (Phi) is 2.00. The summed E-state index contributed by atoms with van der Waals surface area (Å²) in [6, 6.07) is 0. The minimum absolute atomic E-state index is 0.0248. The third kappa shape index (κ3) is 1.09. The predicted molar refractivity (Wildman–Crippen MR) is 53.6 cm³/mol. The topological polar surface area (TPSA) is 91.8 Å². The summed E-state index contributed by atoms with van der Waals surface area (Å²) in [6.45, 7) is 4.72. The summed E-state index contributed by atoms with van der Waals surface area (Å²) in [5.41, 5.74) is -0.252. The normalized spacial score (nSPS) is 27.6. The third-order valence-electron chi connectivity index (χ3n) is 2.82. The lowest BCUT2D eigenvalue weighted by Gasteiger charge is -2.43. The number of rotatable bonds is 1. The molecule has 0 saturated carbocycles. The van der Waals surface area contributed by atoms with Crippen LogP contribution in [-0.4, -0.2) is 35.7 Å². The van der Waals surface area contributed by atoms with E-state index in [1.165, 1.54) is 6.92 Å². The van der Waals surface area contributed by atoms with Gasteiger partial charge in [-0.05, 0) is 12.5 Å². The lowest BCUT2D eigenvalue weighted by Crippen LogP contribution is -2.59. The molecule has 16 heavy (non-hydrogen) atoms. The van der Waals surface area contributed by atoms with E-state index in [2.05, 4.69) is 6.58 Å². The van der Waals surface area contributed by atoms with Crippen LogP contribution < -0.4 is 0 Å². The third-order valence-corrected chi connectivity index (χ3v) is 4.91. The van der Waals surface area contributed by atoms with Crippen molar-refractivity contribution < 1.29 is 23.1 Å². The lowest BCUT2D eigenvalue weighted by molar-refractivity contribution is -0.146. The smallest absolute Gasteiger partial charge is 0.352 e. The zero-order valence-corrected chi connectivity index (χ0v) is 9.24. The number of amides is 1. The highest BCUT2D eigenvalue weighted by atomic mass is 32.2. The Balaban J connectivity index is 2.69. The van der Waals surface area contributed by atoms with E-state index >= 15 is 0 Å². The Labute approximate surface area is 91.8 Å². The van der Waals surface area contributed by atoms with E-state index in [0.29, 0.717) is 0 Å². The molecule has 0 unspecified atom stereocenters. The van der Waals surface area contributed by atoms with Crippen molar-refractivity contribution in [1.82, 2.24) is 4.90 Å². The molecule has 86 valence electrons. The van der Waals surface area contributed by atoms with Gasteiger partial charge in [0.05, 0.1) is 11.3 Å². The van der Waals surface area contributed by atoms with Crippen molar-refractivity contribution in [3.05, 3.63) is 22.8 Å². The molecule has 0 aromatic carbocycles. The fraction of sp³-hybridized carbons (Fsp3) is 0.333. The molecule has 2 rings (SSSR count). The number of carbonyl (C=O) groups is 2. The van der Waals surface area contributed by atoms with Gasteiger partial charge in [-0.3, -0.25) is 9.69 Å². The highest BCUT2D eigenvalue weighted by Crippen LogP contribution is 2.40. The first kappa shape index (κ1) is 10.9. The van der Waals surface area contributed by atoms with Crippen LogP contribution in [0.25, 0.3) is 0 Å². The fourth-order valence-electron chi connectivity index (χ4n) is 1.86. The molecule has 1 fully saturated rings.